The van der Waals surface area contributed by atoms with Crippen LogP contribution in [-0.4, -0.2) is 15.1 Å². The molecule has 0 amide bonds. The van der Waals surface area contributed by atoms with Gasteiger partial charge in [0, 0.05) is 0 Å². The van der Waals surface area contributed by atoms with Gasteiger partial charge in [-0.15, -0.1) is 0 Å². The van der Waals surface area contributed by atoms with E-state index < -0.39 is 0 Å². The fraction of sp³-hybridized carbons (Fsp3) is 0. The average molecular weight is 125 g/mol. The van der Waals surface area contributed by atoms with Crippen LogP contribution >= 0.6 is 0 Å². The predicted molar refractivity (Wildman–Crippen MR) is 29.0 cm³/mol. The van der Waals surface area contributed by atoms with Crippen LogP contribution in [-0.2, 0) is 0 Å². The number of aromatic nitrogens is 3. The Bertz CT molecular complexity index is 336. The Morgan fingerprint density at radius 2 is 2.44 bits per heavy atom. The van der Waals surface area contributed by atoms with Gasteiger partial charge in [0.2, 0.25) is 0 Å². The molecule has 0 unspecified atom stereocenters. The Labute approximate surface area is 48.7 Å². The molecule has 0 spiro atoms. The molecule has 0 saturated heterocycles. The van der Waals surface area contributed by atoms with Crippen molar-refractivity contribution >= 4 is 11.2 Å². The summed E-state index contributed by atoms with van der Waals surface area (Å²) in [5.41, 5.74) is 0.714. The van der Waals surface area contributed by atoms with Gasteiger partial charge in [0.25, 0.3) is 5.71 Å². The lowest BCUT2D eigenvalue weighted by molar-refractivity contribution is 0.448. The maximum Gasteiger partial charge on any atom is 0.326 e. The summed E-state index contributed by atoms with van der Waals surface area (Å²) in [7, 11) is 0. The lowest BCUT2D eigenvalue weighted by atomic mass is 10.6. The molecule has 9 heavy (non-hydrogen) atoms. The van der Waals surface area contributed by atoms with Gasteiger partial charge in [-0.25, -0.2) is 4.79 Å². The molecule has 5 heteroatoms. The van der Waals surface area contributed by atoms with Crippen molar-refractivity contribution in [1.82, 2.24) is 15.1 Å². The van der Waals surface area contributed by atoms with Gasteiger partial charge in [-0.05, 0) is 0 Å². The molecule has 5 nitrogen and oxygen atoms in total. The Morgan fingerprint density at radius 1 is 1.56 bits per heavy atom. The zero-order valence-electron chi connectivity index (χ0n) is 4.34. The largest absolute Gasteiger partial charge is 0.336 e. The summed E-state index contributed by atoms with van der Waals surface area (Å²) in [6.07, 6.45) is 1.44. The van der Waals surface area contributed by atoms with Crippen molar-refractivity contribution in [2.75, 3.05) is 0 Å². The van der Waals surface area contributed by atoms with Crippen LogP contribution in [0.3, 0.4) is 0 Å². The van der Waals surface area contributed by atoms with E-state index in [0.717, 1.165) is 0 Å². The third kappa shape index (κ3) is 0.479. The highest BCUT2D eigenvalue weighted by molar-refractivity contribution is 5.65. The number of fused-ring (bicyclic) bond motifs is 1. The number of aromatic amines is 2. The zero-order valence-corrected chi connectivity index (χ0v) is 4.34. The molecule has 0 aliphatic carbocycles. The van der Waals surface area contributed by atoms with Gasteiger partial charge in [0.1, 0.15) is 5.52 Å². The predicted octanol–water partition coefficient (Wildman–Crippen LogP) is -0.156. The van der Waals surface area contributed by atoms with E-state index in [1.165, 1.54) is 6.20 Å². The number of rotatable bonds is 0. The monoisotopic (exact) mass is 125 g/mol. The average Bonchev–Trinajstić information content (AvgIpc) is 2.22. The van der Waals surface area contributed by atoms with Gasteiger partial charge in [-0.2, -0.15) is 0 Å². The van der Waals surface area contributed by atoms with E-state index in [0.29, 0.717) is 11.2 Å². The third-order valence-electron chi connectivity index (χ3n) is 1.05. The minimum absolute atomic E-state index is 0.272. The van der Waals surface area contributed by atoms with Crippen LogP contribution in [0.4, 0.5) is 0 Å². The summed E-state index contributed by atoms with van der Waals surface area (Å²) in [5.74, 6) is 0. The minimum Gasteiger partial charge on any atom is -0.336 e. The molecule has 0 bridgehead atoms. The fourth-order valence-corrected chi connectivity index (χ4v) is 0.675. The zero-order chi connectivity index (χ0) is 6.27. The van der Waals surface area contributed by atoms with Gasteiger partial charge >= 0.3 is 5.69 Å². The molecule has 2 aromatic rings. The summed E-state index contributed by atoms with van der Waals surface area (Å²) in [5, 5.41) is 3.43. The van der Waals surface area contributed by atoms with Crippen LogP contribution in [0.15, 0.2) is 15.5 Å². The van der Waals surface area contributed by atoms with E-state index in [1.807, 2.05) is 0 Å². The molecule has 0 radical (unpaired) electrons. The van der Waals surface area contributed by atoms with Crippen LogP contribution in [0.2, 0.25) is 0 Å². The lowest BCUT2D eigenvalue weighted by Gasteiger charge is -1.62. The standard InChI is InChI=1S/C4H3N3O2/c8-4-6-2-1-5-9-3(2)7-4/h1H,(H2,6,7,8). The van der Waals surface area contributed by atoms with Crippen molar-refractivity contribution in [3.63, 3.8) is 0 Å². The Kier molecular flexibility index (Phi) is 0.606. The van der Waals surface area contributed by atoms with Gasteiger partial charge in [0.15, 0.2) is 0 Å². The number of imidazole rings is 1. The summed E-state index contributed by atoms with van der Waals surface area (Å²) in [4.78, 5) is 15.3. The van der Waals surface area contributed by atoms with Gasteiger partial charge in [-0.1, -0.05) is 5.16 Å². The molecule has 2 heterocycles. The van der Waals surface area contributed by atoms with E-state index >= 15 is 0 Å². The van der Waals surface area contributed by atoms with E-state index in [1.54, 1.807) is 0 Å². The molecule has 0 aliphatic rings. The first-order chi connectivity index (χ1) is 4.36. The number of H-pyrrole nitrogens is 2. The Balaban J connectivity index is 3.08. The topological polar surface area (TPSA) is 74.7 Å². The van der Waals surface area contributed by atoms with Crippen LogP contribution in [0.5, 0.6) is 0 Å². The Hall–Kier alpha value is -1.52. The second-order valence-corrected chi connectivity index (χ2v) is 1.65. The molecule has 0 atom stereocenters. The highest BCUT2D eigenvalue weighted by Crippen LogP contribution is 2.01. The van der Waals surface area contributed by atoms with Gasteiger partial charge in [-0.3, -0.25) is 4.98 Å². The molecule has 2 aromatic heterocycles. The van der Waals surface area contributed by atoms with E-state index in [9.17, 15) is 4.79 Å². The quantitative estimate of drug-likeness (QED) is 0.513. The fourth-order valence-electron chi connectivity index (χ4n) is 0.675. The smallest absolute Gasteiger partial charge is 0.326 e. The van der Waals surface area contributed by atoms with Crippen LogP contribution in [0.25, 0.3) is 11.2 Å². The summed E-state index contributed by atoms with van der Waals surface area (Å²) in [6, 6.07) is 0. The van der Waals surface area contributed by atoms with Crippen molar-refractivity contribution < 1.29 is 4.52 Å². The molecule has 0 fully saturated rings. The molecule has 0 aromatic carbocycles. The number of nitrogens with one attached hydrogen (secondary N) is 2. The second-order valence-electron chi connectivity index (χ2n) is 1.65. The van der Waals surface area contributed by atoms with E-state index in [4.69, 9.17) is 0 Å². The van der Waals surface area contributed by atoms with E-state index in [2.05, 4.69) is 19.6 Å². The summed E-state index contributed by atoms with van der Waals surface area (Å²) in [6.45, 7) is 0. The van der Waals surface area contributed by atoms with Crippen LogP contribution < -0.4 is 5.69 Å². The normalized spacial score (nSPS) is 10.7. The highest BCUT2D eigenvalue weighted by atomic mass is 16.5. The first-order valence-corrected chi connectivity index (χ1v) is 2.39. The third-order valence-corrected chi connectivity index (χ3v) is 1.05. The minimum atomic E-state index is -0.272. The number of nitrogens with zero attached hydrogens (tertiary/aromatic N) is 1. The van der Waals surface area contributed by atoms with E-state index in [-0.39, 0.29) is 5.69 Å². The SMILES string of the molecule is O=c1[nH]c2cnoc2[nH]1. The maximum atomic E-state index is 10.5. The summed E-state index contributed by atoms with van der Waals surface area (Å²) < 4.78 is 4.60. The molecule has 2 N–H and O–H groups in total. The molecule has 0 saturated carbocycles. The highest BCUT2D eigenvalue weighted by Gasteiger charge is 1.98. The van der Waals surface area contributed by atoms with Gasteiger partial charge < -0.3 is 9.51 Å². The molecule has 46 valence electrons. The number of hydrogen-bond donors (Lipinski definition) is 2. The molecule has 2 rings (SSSR count). The lowest BCUT2D eigenvalue weighted by Crippen LogP contribution is -1.99. The van der Waals surface area contributed by atoms with Gasteiger partial charge in [0.05, 0.1) is 6.20 Å². The first kappa shape index (κ1) is 4.37. The van der Waals surface area contributed by atoms with Crippen molar-refractivity contribution in [2.24, 2.45) is 0 Å². The van der Waals surface area contributed by atoms with Crippen LogP contribution in [0, 0.1) is 0 Å². The van der Waals surface area contributed by atoms with Crippen molar-refractivity contribution in [1.29, 1.82) is 0 Å². The molecular formula is C4H3N3O2. The summed E-state index contributed by atoms with van der Waals surface area (Å²) >= 11 is 0. The molecular weight excluding hydrogens is 122 g/mol. The maximum absolute atomic E-state index is 10.5. The van der Waals surface area contributed by atoms with Crippen molar-refractivity contribution in [3.8, 4) is 0 Å². The Morgan fingerprint density at radius 3 is 3.22 bits per heavy atom. The van der Waals surface area contributed by atoms with Crippen molar-refractivity contribution in [3.05, 3.63) is 16.7 Å². The number of hydrogen-bond acceptors (Lipinski definition) is 3. The van der Waals surface area contributed by atoms with Crippen molar-refractivity contribution in [2.45, 2.75) is 0 Å². The van der Waals surface area contributed by atoms with Crippen LogP contribution in [0.1, 0.15) is 0 Å². The molecule has 0 aliphatic heterocycles. The first-order valence-electron chi connectivity index (χ1n) is 2.39. The second kappa shape index (κ2) is 1.25.